The lowest BCUT2D eigenvalue weighted by molar-refractivity contribution is -0.383. The number of hydrogen-bond donors (Lipinski definition) is 1. The summed E-state index contributed by atoms with van der Waals surface area (Å²) in [5.41, 5.74) is 1.70. The number of nitro benzene ring substituents is 1. The van der Waals surface area contributed by atoms with Gasteiger partial charge in [0.05, 0.1) is 23.7 Å². The van der Waals surface area contributed by atoms with Crippen LogP contribution in [0, 0.1) is 10.1 Å². The average molecular weight is 499 g/mol. The van der Waals surface area contributed by atoms with E-state index in [1.165, 1.54) is 25.3 Å². The topological polar surface area (TPSA) is 123 Å². The van der Waals surface area contributed by atoms with Crippen LogP contribution in [-0.2, 0) is 19.0 Å². The number of benzene rings is 2. The fourth-order valence-corrected chi connectivity index (χ4v) is 3.70. The van der Waals surface area contributed by atoms with Crippen LogP contribution in [0.1, 0.15) is 23.7 Å². The van der Waals surface area contributed by atoms with Crippen molar-refractivity contribution in [3.05, 3.63) is 64.0 Å². The first-order valence-electron chi connectivity index (χ1n) is 11.7. The molecule has 3 rings (SSSR count). The van der Waals surface area contributed by atoms with Crippen molar-refractivity contribution in [2.24, 2.45) is 0 Å². The Morgan fingerprint density at radius 3 is 2.53 bits per heavy atom. The molecule has 1 N–H and O–H groups in total. The van der Waals surface area contributed by atoms with E-state index in [2.05, 4.69) is 10.2 Å². The molecule has 0 unspecified atom stereocenters. The van der Waals surface area contributed by atoms with E-state index in [1.54, 1.807) is 0 Å². The monoisotopic (exact) mass is 498 g/mol. The summed E-state index contributed by atoms with van der Waals surface area (Å²) < 4.78 is 15.4. The maximum Gasteiger partial charge on any atom is 0.338 e. The van der Waals surface area contributed by atoms with E-state index in [9.17, 15) is 19.7 Å². The Balaban J connectivity index is 1.69. The molecule has 0 radical (unpaired) electrons. The molecule has 0 amide bonds. The number of piperazine rings is 1. The van der Waals surface area contributed by atoms with Crippen LogP contribution in [0.25, 0.3) is 0 Å². The van der Waals surface area contributed by atoms with Crippen LogP contribution in [0.15, 0.2) is 48.3 Å². The molecule has 192 valence electrons. The molecule has 0 atom stereocenters. The second-order valence-electron chi connectivity index (χ2n) is 8.02. The summed E-state index contributed by atoms with van der Waals surface area (Å²) in [6, 6.07) is 11.7. The highest BCUT2D eigenvalue weighted by molar-refractivity contribution is 5.91. The first kappa shape index (κ1) is 26.5. The second kappa shape index (κ2) is 13.1. The molecule has 2 aromatic carbocycles. The molecule has 36 heavy (non-hydrogen) atoms. The zero-order chi connectivity index (χ0) is 25.9. The van der Waals surface area contributed by atoms with Gasteiger partial charge in [0.2, 0.25) is 0 Å². The highest BCUT2D eigenvalue weighted by Crippen LogP contribution is 2.31. The lowest BCUT2D eigenvalue weighted by atomic mass is 10.1. The summed E-state index contributed by atoms with van der Waals surface area (Å²) in [6.45, 7) is 5.31. The van der Waals surface area contributed by atoms with Gasteiger partial charge in [-0.15, -0.1) is 0 Å². The molecular formula is C25H30N4O7. The number of esters is 1. The molecule has 0 bridgehead atoms. The second-order valence-corrected chi connectivity index (χ2v) is 8.02. The number of nitro groups is 1. The van der Waals surface area contributed by atoms with E-state index in [0.29, 0.717) is 38.5 Å². The summed E-state index contributed by atoms with van der Waals surface area (Å²) in [4.78, 5) is 38.6. The minimum atomic E-state index is -0.657. The highest BCUT2D eigenvalue weighted by Gasteiger charge is 2.22. The Labute approximate surface area is 209 Å². The van der Waals surface area contributed by atoms with E-state index < -0.39 is 10.9 Å². The quantitative estimate of drug-likeness (QED) is 0.116. The molecule has 1 saturated heterocycles. The molecule has 1 fully saturated rings. The Morgan fingerprint density at radius 2 is 1.86 bits per heavy atom. The molecule has 11 heteroatoms. The first-order valence-corrected chi connectivity index (χ1v) is 11.7. The number of nitrogens with zero attached hydrogens (tertiary/aromatic N) is 3. The van der Waals surface area contributed by atoms with Gasteiger partial charge in [0, 0.05) is 50.7 Å². The van der Waals surface area contributed by atoms with Crippen molar-refractivity contribution in [3.63, 3.8) is 0 Å². The number of methoxy groups -OCH3 is 1. The average Bonchev–Trinajstić information content (AvgIpc) is 2.90. The highest BCUT2D eigenvalue weighted by atomic mass is 16.6. The number of carbonyl (C=O) groups excluding carboxylic acids is 2. The van der Waals surface area contributed by atoms with E-state index in [-0.39, 0.29) is 36.0 Å². The number of rotatable bonds is 12. The van der Waals surface area contributed by atoms with Crippen molar-refractivity contribution in [2.75, 3.05) is 63.3 Å². The largest absolute Gasteiger partial charge is 0.471 e. The van der Waals surface area contributed by atoms with Crippen molar-refractivity contribution in [2.45, 2.75) is 13.3 Å². The van der Waals surface area contributed by atoms with Gasteiger partial charge in [0.25, 0.3) is 11.6 Å². The molecule has 2 aromatic rings. The van der Waals surface area contributed by atoms with Gasteiger partial charge in [0.15, 0.2) is 5.94 Å². The molecular weight excluding hydrogens is 468 g/mol. The van der Waals surface area contributed by atoms with Crippen molar-refractivity contribution >= 4 is 34.7 Å². The third kappa shape index (κ3) is 6.97. The molecule has 1 aliphatic heterocycles. The summed E-state index contributed by atoms with van der Waals surface area (Å²) in [6.07, 6.45) is 0.810. The maximum atomic E-state index is 12.2. The summed E-state index contributed by atoms with van der Waals surface area (Å²) in [5.74, 6) is 1.47. The van der Waals surface area contributed by atoms with Crippen molar-refractivity contribution in [3.8, 4) is 0 Å². The van der Waals surface area contributed by atoms with Crippen molar-refractivity contribution in [1.82, 2.24) is 4.90 Å². The predicted octanol–water partition coefficient (Wildman–Crippen LogP) is 3.36. The molecule has 0 aliphatic carbocycles. The van der Waals surface area contributed by atoms with Gasteiger partial charge in [-0.2, -0.15) is 0 Å². The van der Waals surface area contributed by atoms with Gasteiger partial charge >= 0.3 is 5.97 Å². The van der Waals surface area contributed by atoms with Crippen LogP contribution in [0.3, 0.4) is 0 Å². The third-order valence-corrected chi connectivity index (χ3v) is 5.54. The Hall–Kier alpha value is -4.08. The molecule has 0 aromatic heterocycles. The van der Waals surface area contributed by atoms with Gasteiger partial charge in [-0.3, -0.25) is 10.1 Å². The zero-order valence-electron chi connectivity index (χ0n) is 20.4. The van der Waals surface area contributed by atoms with E-state index in [1.807, 2.05) is 42.0 Å². The molecule has 0 saturated carbocycles. The van der Waals surface area contributed by atoms with Gasteiger partial charge in [-0.1, -0.05) is 13.0 Å². The van der Waals surface area contributed by atoms with Crippen LogP contribution < -0.4 is 10.2 Å². The number of hydrogen-bond acceptors (Lipinski definition) is 10. The van der Waals surface area contributed by atoms with Crippen molar-refractivity contribution < 1.29 is 28.7 Å². The fraction of sp³-hybridized carbons (Fsp3) is 0.400. The van der Waals surface area contributed by atoms with Crippen molar-refractivity contribution in [1.29, 1.82) is 0 Å². The predicted molar refractivity (Wildman–Crippen MR) is 134 cm³/mol. The minimum absolute atomic E-state index is 0.0582. The van der Waals surface area contributed by atoms with Crippen LogP contribution in [0.5, 0.6) is 0 Å². The molecule has 1 heterocycles. The van der Waals surface area contributed by atoms with Crippen LogP contribution in [0.4, 0.5) is 22.7 Å². The number of ether oxygens (including phenoxy) is 3. The standard InChI is InChI=1S/C25H30N4O7/c1-3-13-35-24(18-30)28-11-9-27(10-12-28)21-6-4-5-20(17-21)26-22-8-7-19(16-23(22)29(32)33)25(31)36-15-14-34-2/h4-8,16-17,26H,3,9-15H2,1-2H3. The Kier molecular flexibility index (Phi) is 9.67. The SMILES string of the molecule is CCCOC(=C=O)N1CCN(c2cccc(Nc3ccc(C(=O)OCCOC)cc3[N+](=O)[O-])c2)CC1. The van der Waals surface area contributed by atoms with Gasteiger partial charge < -0.3 is 29.3 Å². The third-order valence-electron chi connectivity index (χ3n) is 5.54. The molecule has 11 nitrogen and oxygen atoms in total. The number of carbonyl (C=O) groups is 1. The number of nitrogens with one attached hydrogen (secondary N) is 1. The summed E-state index contributed by atoms with van der Waals surface area (Å²) in [5, 5.41) is 14.8. The van der Waals surface area contributed by atoms with E-state index in [0.717, 1.165) is 12.1 Å². The van der Waals surface area contributed by atoms with E-state index >= 15 is 0 Å². The minimum Gasteiger partial charge on any atom is -0.471 e. The van der Waals surface area contributed by atoms with Gasteiger partial charge in [0.1, 0.15) is 12.3 Å². The van der Waals surface area contributed by atoms with Crippen LogP contribution in [-0.4, -0.2) is 74.8 Å². The molecule has 1 aliphatic rings. The van der Waals surface area contributed by atoms with Gasteiger partial charge in [-0.25, -0.2) is 9.59 Å². The zero-order valence-corrected chi connectivity index (χ0v) is 20.4. The fourth-order valence-electron chi connectivity index (χ4n) is 3.70. The van der Waals surface area contributed by atoms with E-state index in [4.69, 9.17) is 14.2 Å². The smallest absolute Gasteiger partial charge is 0.338 e. The lowest BCUT2D eigenvalue weighted by Crippen LogP contribution is -2.46. The first-order chi connectivity index (χ1) is 17.5. The summed E-state index contributed by atoms with van der Waals surface area (Å²) >= 11 is 0. The summed E-state index contributed by atoms with van der Waals surface area (Å²) in [7, 11) is 1.48. The lowest BCUT2D eigenvalue weighted by Gasteiger charge is -2.36. The number of anilines is 3. The maximum absolute atomic E-state index is 12.2. The van der Waals surface area contributed by atoms with Crippen LogP contribution >= 0.6 is 0 Å². The normalized spacial score (nSPS) is 13.1. The van der Waals surface area contributed by atoms with Crippen LogP contribution in [0.2, 0.25) is 0 Å². The Morgan fingerprint density at radius 1 is 1.08 bits per heavy atom. The molecule has 0 spiro atoms. The van der Waals surface area contributed by atoms with Gasteiger partial charge in [-0.05, 0) is 36.8 Å². The Bertz CT molecular complexity index is 1110.